The molecule has 1 radical (unpaired) electrons. The van der Waals surface area contributed by atoms with Crippen molar-refractivity contribution in [2.45, 2.75) is 56.7 Å². The van der Waals surface area contributed by atoms with Gasteiger partial charge in [0.15, 0.2) is 0 Å². The van der Waals surface area contributed by atoms with E-state index < -0.39 is 6.10 Å². The molecule has 3 heteroatoms. The number of ether oxygens (including phenoxy) is 2. The number of hydrogen-bond acceptors (Lipinski definition) is 3. The summed E-state index contributed by atoms with van der Waals surface area (Å²) < 4.78 is 10.6. The minimum absolute atomic E-state index is 0.0271. The maximum Gasteiger partial charge on any atom is 0.113 e. The van der Waals surface area contributed by atoms with Gasteiger partial charge in [-0.1, -0.05) is 0 Å². The Kier molecular flexibility index (Phi) is 1.79. The normalized spacial score (nSPS) is 48.7. The third kappa shape index (κ3) is 1.60. The first-order valence-electron chi connectivity index (χ1n) is 4.72. The van der Waals surface area contributed by atoms with Gasteiger partial charge >= 0.3 is 0 Å². The van der Waals surface area contributed by atoms with E-state index >= 15 is 0 Å². The standard InChI is InChI=1S/C10H17O3/c1-6-10(4,12-6)5-7(11)8-9(2,3)13-8/h6-8,11H,1,5H2,2-4H3. The molecule has 2 saturated heterocycles. The maximum absolute atomic E-state index is 9.79. The van der Waals surface area contributed by atoms with Crippen LogP contribution in [0.3, 0.4) is 0 Å². The van der Waals surface area contributed by atoms with Gasteiger partial charge < -0.3 is 14.6 Å². The van der Waals surface area contributed by atoms with E-state index in [0.29, 0.717) is 6.42 Å². The molecule has 0 saturated carbocycles. The highest BCUT2D eigenvalue weighted by Gasteiger charge is 2.57. The summed E-state index contributed by atoms with van der Waals surface area (Å²) >= 11 is 0. The zero-order chi connectivity index (χ0) is 9.85. The van der Waals surface area contributed by atoms with E-state index in [1.807, 2.05) is 20.8 Å². The van der Waals surface area contributed by atoms with E-state index in [-0.39, 0.29) is 23.4 Å². The van der Waals surface area contributed by atoms with Gasteiger partial charge in [-0.05, 0) is 27.7 Å². The molecule has 2 aliphatic heterocycles. The Morgan fingerprint density at radius 3 is 2.15 bits per heavy atom. The van der Waals surface area contributed by atoms with Crippen molar-refractivity contribution in [3.63, 3.8) is 0 Å². The lowest BCUT2D eigenvalue weighted by Crippen LogP contribution is -2.27. The molecule has 0 spiro atoms. The molecule has 13 heavy (non-hydrogen) atoms. The topological polar surface area (TPSA) is 45.3 Å². The van der Waals surface area contributed by atoms with Crippen LogP contribution >= 0.6 is 0 Å². The van der Waals surface area contributed by atoms with E-state index in [4.69, 9.17) is 9.47 Å². The zero-order valence-corrected chi connectivity index (χ0v) is 8.41. The lowest BCUT2D eigenvalue weighted by molar-refractivity contribution is 0.0995. The van der Waals surface area contributed by atoms with Gasteiger partial charge in [-0.3, -0.25) is 0 Å². The molecule has 0 aliphatic carbocycles. The second-order valence-electron chi connectivity index (χ2n) is 4.83. The van der Waals surface area contributed by atoms with E-state index in [1.54, 1.807) is 0 Å². The van der Waals surface area contributed by atoms with Crippen LogP contribution in [-0.4, -0.2) is 34.6 Å². The Bertz CT molecular complexity index is 226. The minimum Gasteiger partial charge on any atom is -0.390 e. The van der Waals surface area contributed by atoms with E-state index in [9.17, 15) is 5.11 Å². The van der Waals surface area contributed by atoms with Gasteiger partial charge in [-0.2, -0.15) is 0 Å². The Morgan fingerprint density at radius 2 is 1.85 bits per heavy atom. The van der Waals surface area contributed by atoms with E-state index in [2.05, 4.69) is 6.92 Å². The minimum atomic E-state index is -0.424. The molecule has 0 aromatic heterocycles. The average molecular weight is 185 g/mol. The number of aliphatic hydroxyl groups excluding tert-OH is 1. The molecule has 4 unspecified atom stereocenters. The second kappa shape index (κ2) is 2.47. The quantitative estimate of drug-likeness (QED) is 0.665. The summed E-state index contributed by atoms with van der Waals surface area (Å²) in [5.74, 6) is 0. The predicted molar refractivity (Wildman–Crippen MR) is 48.2 cm³/mol. The highest BCUT2D eigenvalue weighted by molar-refractivity contribution is 5.07. The highest BCUT2D eigenvalue weighted by atomic mass is 16.6. The molecule has 75 valence electrons. The molecular formula is C10H17O3. The largest absolute Gasteiger partial charge is 0.390 e. The molecule has 2 rings (SSSR count). The van der Waals surface area contributed by atoms with Crippen LogP contribution in [0.5, 0.6) is 0 Å². The lowest BCUT2D eigenvalue weighted by atomic mass is 9.95. The summed E-state index contributed by atoms with van der Waals surface area (Å²) in [5, 5.41) is 9.79. The Labute approximate surface area is 79.0 Å². The lowest BCUT2D eigenvalue weighted by Gasteiger charge is -2.11. The van der Waals surface area contributed by atoms with Gasteiger partial charge in [-0.25, -0.2) is 0 Å². The Hall–Kier alpha value is -0.120. The third-order valence-corrected chi connectivity index (χ3v) is 3.06. The number of hydrogen-bond donors (Lipinski definition) is 1. The summed E-state index contributed by atoms with van der Waals surface area (Å²) in [5.41, 5.74) is -0.372. The van der Waals surface area contributed by atoms with Gasteiger partial charge in [0.2, 0.25) is 0 Å². The zero-order valence-electron chi connectivity index (χ0n) is 8.41. The van der Waals surface area contributed by atoms with Gasteiger partial charge in [0.1, 0.15) is 6.10 Å². The van der Waals surface area contributed by atoms with Gasteiger partial charge in [0.25, 0.3) is 0 Å². The van der Waals surface area contributed by atoms with Crippen molar-refractivity contribution in [2.75, 3.05) is 0 Å². The van der Waals surface area contributed by atoms with Crippen LogP contribution in [0, 0.1) is 6.92 Å². The molecular weight excluding hydrogens is 168 g/mol. The fourth-order valence-electron chi connectivity index (χ4n) is 1.83. The molecule has 1 N–H and O–H groups in total. The fraction of sp³-hybridized carbons (Fsp3) is 0.900. The maximum atomic E-state index is 9.79. The molecule has 0 aromatic carbocycles. The van der Waals surface area contributed by atoms with Crippen LogP contribution in [0.25, 0.3) is 0 Å². The summed E-state index contributed by atoms with van der Waals surface area (Å²) in [7, 11) is 0. The predicted octanol–water partition coefficient (Wildman–Crippen LogP) is 0.906. The van der Waals surface area contributed by atoms with Crippen molar-refractivity contribution in [3.8, 4) is 0 Å². The number of rotatable bonds is 3. The van der Waals surface area contributed by atoms with Gasteiger partial charge in [-0.15, -0.1) is 0 Å². The molecule has 2 aliphatic rings. The first-order valence-corrected chi connectivity index (χ1v) is 4.72. The number of aliphatic hydroxyl groups is 1. The van der Waals surface area contributed by atoms with E-state index in [0.717, 1.165) is 0 Å². The smallest absolute Gasteiger partial charge is 0.113 e. The van der Waals surface area contributed by atoms with Crippen molar-refractivity contribution < 1.29 is 14.6 Å². The first-order chi connectivity index (χ1) is 5.85. The van der Waals surface area contributed by atoms with Crippen molar-refractivity contribution in [1.82, 2.24) is 0 Å². The molecule has 0 bridgehead atoms. The van der Waals surface area contributed by atoms with Crippen LogP contribution in [-0.2, 0) is 9.47 Å². The Balaban J connectivity index is 1.84. The number of epoxide rings is 2. The molecule has 0 aromatic rings. The van der Waals surface area contributed by atoms with Crippen molar-refractivity contribution >= 4 is 0 Å². The average Bonchev–Trinajstić information content (AvgIpc) is 2.74. The van der Waals surface area contributed by atoms with Crippen LogP contribution in [0.1, 0.15) is 27.2 Å². The summed E-state index contributed by atoms with van der Waals surface area (Å²) in [4.78, 5) is 0. The molecule has 2 heterocycles. The van der Waals surface area contributed by atoms with Gasteiger partial charge in [0, 0.05) is 6.42 Å². The van der Waals surface area contributed by atoms with Gasteiger partial charge in [0.05, 0.1) is 23.4 Å². The van der Waals surface area contributed by atoms with Crippen LogP contribution in [0.15, 0.2) is 0 Å². The molecule has 3 nitrogen and oxygen atoms in total. The van der Waals surface area contributed by atoms with Crippen molar-refractivity contribution in [3.05, 3.63) is 6.92 Å². The van der Waals surface area contributed by atoms with E-state index in [1.165, 1.54) is 0 Å². The van der Waals surface area contributed by atoms with Crippen molar-refractivity contribution in [2.24, 2.45) is 0 Å². The summed E-state index contributed by atoms with van der Waals surface area (Å²) in [6, 6.07) is 0. The van der Waals surface area contributed by atoms with Crippen LogP contribution in [0.4, 0.5) is 0 Å². The summed E-state index contributed by atoms with van der Waals surface area (Å²) in [6.07, 6.45) is 0.200. The summed E-state index contributed by atoms with van der Waals surface area (Å²) in [6.45, 7) is 9.74. The van der Waals surface area contributed by atoms with Crippen molar-refractivity contribution in [1.29, 1.82) is 0 Å². The highest BCUT2D eigenvalue weighted by Crippen LogP contribution is 2.45. The SMILES string of the molecule is [CH2]C1OC1(C)CC(O)C1OC1(C)C. The monoisotopic (exact) mass is 185 g/mol. The van der Waals surface area contributed by atoms with Crippen LogP contribution < -0.4 is 0 Å². The fourth-order valence-corrected chi connectivity index (χ4v) is 1.83. The third-order valence-electron chi connectivity index (χ3n) is 3.06. The Morgan fingerprint density at radius 1 is 1.38 bits per heavy atom. The molecule has 4 atom stereocenters. The molecule has 0 amide bonds. The van der Waals surface area contributed by atoms with Crippen LogP contribution in [0.2, 0.25) is 0 Å². The molecule has 2 fully saturated rings. The second-order valence-corrected chi connectivity index (χ2v) is 4.83. The first kappa shape index (κ1) is 9.44.